The Morgan fingerprint density at radius 1 is 1.08 bits per heavy atom. The molecule has 0 spiro atoms. The molecule has 1 aliphatic rings. The van der Waals surface area contributed by atoms with Crippen LogP contribution in [0.15, 0.2) is 12.7 Å². The van der Waals surface area contributed by atoms with Gasteiger partial charge in [0, 0.05) is 13.7 Å². The van der Waals surface area contributed by atoms with Gasteiger partial charge in [0.15, 0.2) is 0 Å². The highest BCUT2D eigenvalue weighted by Gasteiger charge is 2.30. The minimum Gasteiger partial charge on any atom is -0.400 e. The normalized spacial score (nSPS) is 21.0. The molecular formula is C19H41NO6. The van der Waals surface area contributed by atoms with Crippen LogP contribution in [0, 0.1) is 5.92 Å². The zero-order valence-corrected chi connectivity index (χ0v) is 17.1. The molecule has 7 nitrogen and oxygen atoms in total. The summed E-state index contributed by atoms with van der Waals surface area (Å²) in [5.74, 6) is 0.766. The smallest absolute Gasteiger partial charge is 0.0763 e. The summed E-state index contributed by atoms with van der Waals surface area (Å²) in [5.41, 5.74) is 5.27. The Bertz CT molecular complexity index is 292. The Balaban J connectivity index is 0. The Labute approximate surface area is 159 Å². The third kappa shape index (κ3) is 18.3. The summed E-state index contributed by atoms with van der Waals surface area (Å²) >= 11 is 0. The molecule has 1 heterocycles. The molecule has 1 rings (SSSR count). The van der Waals surface area contributed by atoms with Crippen molar-refractivity contribution in [3.8, 4) is 0 Å². The van der Waals surface area contributed by atoms with Crippen molar-refractivity contribution in [1.29, 1.82) is 0 Å². The molecule has 0 bridgehead atoms. The van der Waals surface area contributed by atoms with Crippen LogP contribution in [0.5, 0.6) is 0 Å². The fraction of sp³-hybridized carbons (Fsp3) is 0.895. The van der Waals surface area contributed by atoms with E-state index in [1.807, 2.05) is 6.08 Å². The lowest BCUT2D eigenvalue weighted by atomic mass is 9.87. The maximum Gasteiger partial charge on any atom is 0.0763 e. The lowest BCUT2D eigenvalue weighted by molar-refractivity contribution is -0.103. The lowest BCUT2D eigenvalue weighted by Gasteiger charge is -2.38. The minimum absolute atomic E-state index is 0.0521. The molecule has 1 fully saturated rings. The minimum atomic E-state index is 0.0521. The average molecular weight is 380 g/mol. The van der Waals surface area contributed by atoms with Crippen LogP contribution in [-0.4, -0.2) is 81.8 Å². The number of ether oxygens (including phenoxy) is 4. The number of rotatable bonds is 11. The molecule has 158 valence electrons. The molecule has 0 aromatic carbocycles. The van der Waals surface area contributed by atoms with Crippen LogP contribution in [0.2, 0.25) is 0 Å². The van der Waals surface area contributed by atoms with Gasteiger partial charge in [0.2, 0.25) is 0 Å². The van der Waals surface area contributed by atoms with Crippen LogP contribution in [0.4, 0.5) is 0 Å². The summed E-state index contributed by atoms with van der Waals surface area (Å²) in [6.45, 7) is 14.0. The van der Waals surface area contributed by atoms with Crippen molar-refractivity contribution in [2.24, 2.45) is 11.7 Å². The van der Waals surface area contributed by atoms with E-state index in [4.69, 9.17) is 34.9 Å². The maximum absolute atomic E-state index is 8.37. The van der Waals surface area contributed by atoms with E-state index in [2.05, 4.69) is 27.4 Å². The van der Waals surface area contributed by atoms with Gasteiger partial charge in [-0.25, -0.2) is 0 Å². The topological polar surface area (TPSA) is 103 Å². The summed E-state index contributed by atoms with van der Waals surface area (Å²) in [6.07, 6.45) is 4.48. The fourth-order valence-electron chi connectivity index (χ4n) is 2.66. The van der Waals surface area contributed by atoms with Crippen LogP contribution >= 0.6 is 0 Å². The molecule has 26 heavy (non-hydrogen) atoms. The van der Waals surface area contributed by atoms with E-state index in [0.717, 1.165) is 25.9 Å². The first kappa shape index (κ1) is 27.7. The van der Waals surface area contributed by atoms with Crippen LogP contribution in [0.25, 0.3) is 0 Å². The van der Waals surface area contributed by atoms with Gasteiger partial charge < -0.3 is 34.9 Å². The van der Waals surface area contributed by atoms with Crippen LogP contribution in [-0.2, 0) is 18.9 Å². The second-order valence-electron chi connectivity index (χ2n) is 6.55. The van der Waals surface area contributed by atoms with Crippen molar-refractivity contribution in [2.75, 3.05) is 59.9 Å². The van der Waals surface area contributed by atoms with Gasteiger partial charge in [-0.05, 0) is 32.6 Å². The van der Waals surface area contributed by atoms with Crippen LogP contribution in [0.1, 0.15) is 33.6 Å². The molecule has 0 saturated carbocycles. The van der Waals surface area contributed by atoms with Gasteiger partial charge in [0.05, 0.1) is 58.0 Å². The highest BCUT2D eigenvalue weighted by Crippen LogP contribution is 2.32. The van der Waals surface area contributed by atoms with Gasteiger partial charge in [0.1, 0.15) is 0 Å². The molecule has 0 radical (unpaired) electrons. The SMILES string of the molecule is C=CC1CC(C)CC(C)(C)O1.CO.NCCOCCOCCOCCO. The van der Waals surface area contributed by atoms with Gasteiger partial charge in [-0.1, -0.05) is 13.0 Å². The van der Waals surface area contributed by atoms with Crippen LogP contribution < -0.4 is 5.73 Å². The zero-order chi connectivity index (χ0) is 20.3. The van der Waals surface area contributed by atoms with E-state index >= 15 is 0 Å². The number of aliphatic hydroxyl groups is 2. The first-order valence-electron chi connectivity index (χ1n) is 9.24. The predicted octanol–water partition coefficient (Wildman–Crippen LogP) is 1.36. The highest BCUT2D eigenvalue weighted by atomic mass is 16.5. The molecule has 7 heteroatoms. The second-order valence-corrected chi connectivity index (χ2v) is 6.55. The molecule has 0 aliphatic carbocycles. The largest absolute Gasteiger partial charge is 0.400 e. The molecule has 4 N–H and O–H groups in total. The summed E-state index contributed by atoms with van der Waals surface area (Å²) in [4.78, 5) is 0. The Morgan fingerprint density at radius 2 is 1.58 bits per heavy atom. The molecule has 2 unspecified atom stereocenters. The van der Waals surface area contributed by atoms with Crippen molar-refractivity contribution < 1.29 is 29.2 Å². The van der Waals surface area contributed by atoms with E-state index in [1.54, 1.807) is 0 Å². The molecular weight excluding hydrogens is 338 g/mol. The summed E-state index contributed by atoms with van der Waals surface area (Å²) in [5, 5.41) is 15.4. The monoisotopic (exact) mass is 379 g/mol. The Hall–Kier alpha value is -0.540. The summed E-state index contributed by atoms with van der Waals surface area (Å²) in [6, 6.07) is 0. The van der Waals surface area contributed by atoms with E-state index in [0.29, 0.717) is 46.2 Å². The van der Waals surface area contributed by atoms with Crippen molar-refractivity contribution in [3.63, 3.8) is 0 Å². The van der Waals surface area contributed by atoms with E-state index in [-0.39, 0.29) is 18.3 Å². The van der Waals surface area contributed by atoms with Gasteiger partial charge >= 0.3 is 0 Å². The third-order valence-corrected chi connectivity index (χ3v) is 3.45. The predicted molar refractivity (Wildman–Crippen MR) is 104 cm³/mol. The Morgan fingerprint density at radius 3 is 2.00 bits per heavy atom. The number of hydrogen-bond acceptors (Lipinski definition) is 7. The van der Waals surface area contributed by atoms with E-state index < -0.39 is 0 Å². The van der Waals surface area contributed by atoms with Crippen molar-refractivity contribution in [3.05, 3.63) is 12.7 Å². The molecule has 2 atom stereocenters. The first-order chi connectivity index (χ1) is 12.4. The summed E-state index contributed by atoms with van der Waals surface area (Å²) < 4.78 is 21.0. The van der Waals surface area contributed by atoms with Crippen molar-refractivity contribution in [1.82, 2.24) is 0 Å². The van der Waals surface area contributed by atoms with Gasteiger partial charge in [-0.2, -0.15) is 0 Å². The Kier molecular flexibility index (Phi) is 20.5. The number of hydrogen-bond donors (Lipinski definition) is 3. The molecule has 1 aliphatic heterocycles. The quantitative estimate of drug-likeness (QED) is 0.368. The van der Waals surface area contributed by atoms with Gasteiger partial charge in [-0.3, -0.25) is 0 Å². The lowest BCUT2D eigenvalue weighted by Crippen LogP contribution is -2.37. The van der Waals surface area contributed by atoms with Crippen LogP contribution in [0.3, 0.4) is 0 Å². The average Bonchev–Trinajstić information content (AvgIpc) is 2.61. The van der Waals surface area contributed by atoms with Crippen molar-refractivity contribution >= 4 is 0 Å². The third-order valence-electron chi connectivity index (χ3n) is 3.45. The second kappa shape index (κ2) is 19.2. The summed E-state index contributed by atoms with van der Waals surface area (Å²) in [7, 11) is 1.00. The van der Waals surface area contributed by atoms with E-state index in [9.17, 15) is 0 Å². The maximum atomic E-state index is 8.37. The standard InChI is InChI=1S/C10H18O.C8H19NO4.CH4O/c1-5-9-6-8(2)7-10(3,4)11-9;9-1-3-11-5-7-13-8-6-12-4-2-10;1-2/h5,8-9H,1,6-7H2,2-4H3;10H,1-9H2;2H,1H3. The highest BCUT2D eigenvalue weighted by molar-refractivity contribution is 4.90. The fourth-order valence-corrected chi connectivity index (χ4v) is 2.66. The molecule has 0 aromatic rings. The first-order valence-corrected chi connectivity index (χ1v) is 9.24. The van der Waals surface area contributed by atoms with Crippen molar-refractivity contribution in [2.45, 2.75) is 45.3 Å². The molecule has 1 saturated heterocycles. The number of nitrogens with two attached hydrogens (primary N) is 1. The number of aliphatic hydroxyl groups excluding tert-OH is 2. The van der Waals surface area contributed by atoms with Gasteiger partial charge in [0.25, 0.3) is 0 Å². The zero-order valence-electron chi connectivity index (χ0n) is 17.1. The molecule has 0 amide bonds. The van der Waals surface area contributed by atoms with E-state index in [1.165, 1.54) is 0 Å². The van der Waals surface area contributed by atoms with Gasteiger partial charge in [-0.15, -0.1) is 6.58 Å². The molecule has 0 aromatic heterocycles.